The third-order valence-corrected chi connectivity index (χ3v) is 11.3. The van der Waals surface area contributed by atoms with Gasteiger partial charge in [0.05, 0.1) is 81.3 Å². The molecule has 2 saturated heterocycles. The quantitative estimate of drug-likeness (QED) is 0.143. The minimum absolute atomic E-state index is 0.0236. The van der Waals surface area contributed by atoms with Crippen LogP contribution in [0.15, 0.2) is 47.2 Å². The van der Waals surface area contributed by atoms with E-state index in [0.29, 0.717) is 75.6 Å². The molecule has 2 atom stereocenters. The average molecular weight is 766 g/mol. The van der Waals surface area contributed by atoms with E-state index in [1.54, 1.807) is 34.8 Å². The first-order chi connectivity index (χ1) is 24.1. The van der Waals surface area contributed by atoms with Crippen molar-refractivity contribution in [2.45, 2.75) is 39.1 Å². The van der Waals surface area contributed by atoms with Gasteiger partial charge < -0.3 is 19.3 Å². The zero-order valence-electron chi connectivity index (χ0n) is 28.0. The maximum atomic E-state index is 14.8. The molecule has 0 bridgehead atoms. The number of carbonyl (C=O) groups excluding carboxylic acids is 1. The van der Waals surface area contributed by atoms with Gasteiger partial charge in [0.15, 0.2) is 5.78 Å². The average Bonchev–Trinajstić information content (AvgIpc) is 3.72. The summed E-state index contributed by atoms with van der Waals surface area (Å²) in [5.41, 5.74) is 3.22. The third-order valence-electron chi connectivity index (χ3n) is 9.05. The van der Waals surface area contributed by atoms with Gasteiger partial charge >= 0.3 is 0 Å². The third kappa shape index (κ3) is 9.37. The highest BCUT2D eigenvalue weighted by atomic mass is 35.5. The molecular formula is C35H40Cl2F2N6O3S2. The summed E-state index contributed by atoms with van der Waals surface area (Å²) in [6, 6.07) is 7.79. The molecule has 2 aliphatic heterocycles. The fraction of sp³-hybridized carbons (Fsp3) is 0.457. The van der Waals surface area contributed by atoms with Crippen LogP contribution in [0.2, 0.25) is 10.0 Å². The van der Waals surface area contributed by atoms with Gasteiger partial charge in [0, 0.05) is 63.1 Å². The Bertz CT molecular complexity index is 1620. The maximum Gasteiger partial charge on any atom is 0.171 e. The number of benzene rings is 2. The highest BCUT2D eigenvalue weighted by Crippen LogP contribution is 2.30. The number of thiazole rings is 2. The molecule has 0 aliphatic carbocycles. The van der Waals surface area contributed by atoms with E-state index >= 15 is 0 Å². The van der Waals surface area contributed by atoms with Crippen LogP contribution in [0.4, 0.5) is 20.2 Å². The Kier molecular flexibility index (Phi) is 12.7. The van der Waals surface area contributed by atoms with Gasteiger partial charge in [-0.1, -0.05) is 23.2 Å². The van der Waals surface area contributed by atoms with Gasteiger partial charge in [-0.05, 0) is 50.2 Å². The predicted octanol–water partition coefficient (Wildman–Crippen LogP) is 6.49. The molecule has 9 nitrogen and oxygen atoms in total. The molecule has 0 amide bonds. The second-order valence-electron chi connectivity index (χ2n) is 12.4. The Morgan fingerprint density at radius 3 is 1.46 bits per heavy atom. The fourth-order valence-electron chi connectivity index (χ4n) is 6.48. The minimum atomic E-state index is -0.541. The number of Topliss-reactive ketones (excluding diaryl/α,β-unsaturated/α-hetero) is 1. The summed E-state index contributed by atoms with van der Waals surface area (Å²) in [4.78, 5) is 32.4. The second-order valence-corrected chi connectivity index (χ2v) is 15.4. The van der Waals surface area contributed by atoms with Crippen molar-refractivity contribution in [3.05, 3.63) is 90.2 Å². The molecule has 0 saturated carbocycles. The molecule has 0 radical (unpaired) electrons. The molecule has 2 aromatic carbocycles. The van der Waals surface area contributed by atoms with E-state index < -0.39 is 12.1 Å². The molecule has 0 spiro atoms. The Labute approximate surface area is 309 Å². The molecule has 2 aromatic heterocycles. The summed E-state index contributed by atoms with van der Waals surface area (Å²) in [5, 5.41) is 6.59. The molecule has 6 rings (SSSR count). The van der Waals surface area contributed by atoms with E-state index in [9.17, 15) is 13.6 Å². The highest BCUT2D eigenvalue weighted by Gasteiger charge is 2.38. The first-order valence-electron chi connectivity index (χ1n) is 16.5. The summed E-state index contributed by atoms with van der Waals surface area (Å²) in [5.74, 6) is -0.735. The molecule has 2 unspecified atom stereocenters. The number of nitrogens with zero attached hydrogens (tertiary/aromatic N) is 6. The molecule has 4 aromatic rings. The number of carbonyl (C=O) groups is 1. The molecule has 0 N–H and O–H groups in total. The van der Waals surface area contributed by atoms with Crippen LogP contribution in [0.3, 0.4) is 0 Å². The van der Waals surface area contributed by atoms with Crippen LogP contribution in [0.25, 0.3) is 0 Å². The summed E-state index contributed by atoms with van der Waals surface area (Å²) < 4.78 is 39.9. The molecular weight excluding hydrogens is 725 g/mol. The monoisotopic (exact) mass is 764 g/mol. The van der Waals surface area contributed by atoms with Crippen LogP contribution in [0.1, 0.15) is 21.4 Å². The number of aryl methyl sites for hydroxylation is 2. The fourth-order valence-corrected chi connectivity index (χ4v) is 8.25. The van der Waals surface area contributed by atoms with Crippen molar-refractivity contribution in [2.75, 3.05) is 75.4 Å². The second kappa shape index (κ2) is 17.2. The van der Waals surface area contributed by atoms with Gasteiger partial charge in [-0.25, -0.2) is 18.7 Å². The molecule has 2 fully saturated rings. The van der Waals surface area contributed by atoms with Crippen molar-refractivity contribution < 1.29 is 23.0 Å². The summed E-state index contributed by atoms with van der Waals surface area (Å²) in [6.07, 6.45) is 0. The number of halogens is 4. The van der Waals surface area contributed by atoms with Crippen LogP contribution in [0.5, 0.6) is 0 Å². The first-order valence-corrected chi connectivity index (χ1v) is 19.1. The predicted molar refractivity (Wildman–Crippen MR) is 196 cm³/mol. The maximum absolute atomic E-state index is 14.8. The lowest BCUT2D eigenvalue weighted by molar-refractivity contribution is -0.135. The van der Waals surface area contributed by atoms with E-state index in [1.807, 2.05) is 24.6 Å². The first kappa shape index (κ1) is 37.0. The van der Waals surface area contributed by atoms with Gasteiger partial charge in [0.2, 0.25) is 0 Å². The van der Waals surface area contributed by atoms with Crippen LogP contribution >= 0.6 is 45.9 Å². The molecule has 4 heterocycles. The van der Waals surface area contributed by atoms with E-state index in [4.69, 9.17) is 32.7 Å². The Morgan fingerprint density at radius 2 is 1.12 bits per heavy atom. The van der Waals surface area contributed by atoms with Crippen molar-refractivity contribution in [1.29, 1.82) is 0 Å². The lowest BCUT2D eigenvalue weighted by Gasteiger charge is -2.43. The van der Waals surface area contributed by atoms with Crippen molar-refractivity contribution in [3.63, 3.8) is 0 Å². The lowest BCUT2D eigenvalue weighted by Crippen LogP contribution is -2.61. The van der Waals surface area contributed by atoms with Crippen LogP contribution in [0, 0.1) is 25.5 Å². The molecule has 2 aliphatic rings. The van der Waals surface area contributed by atoms with E-state index in [-0.39, 0.29) is 30.6 Å². The SMILES string of the molecule is Cc1nc(COCC(C(=O)C(COCc2csc(C)n2)N2CCN(c3ccc(F)cc3Cl)CC2)N2CCN(c3ccc(F)cc3Cl)CC2)cs1. The number of hydrogen-bond acceptors (Lipinski definition) is 11. The van der Waals surface area contributed by atoms with Gasteiger partial charge in [-0.3, -0.25) is 14.6 Å². The van der Waals surface area contributed by atoms with Gasteiger partial charge in [0.25, 0.3) is 0 Å². The largest absolute Gasteiger partial charge is 0.373 e. The highest BCUT2D eigenvalue weighted by molar-refractivity contribution is 7.09. The summed E-state index contributed by atoms with van der Waals surface area (Å²) in [7, 11) is 0. The van der Waals surface area contributed by atoms with E-state index in [1.165, 1.54) is 24.3 Å². The summed E-state index contributed by atoms with van der Waals surface area (Å²) in [6.45, 7) is 9.71. The van der Waals surface area contributed by atoms with Crippen molar-refractivity contribution in [2.24, 2.45) is 0 Å². The van der Waals surface area contributed by atoms with Crippen LogP contribution in [-0.4, -0.2) is 103 Å². The van der Waals surface area contributed by atoms with Gasteiger partial charge in [-0.15, -0.1) is 22.7 Å². The van der Waals surface area contributed by atoms with Gasteiger partial charge in [-0.2, -0.15) is 0 Å². The van der Waals surface area contributed by atoms with Gasteiger partial charge in [0.1, 0.15) is 11.6 Å². The number of aromatic nitrogens is 2. The van der Waals surface area contributed by atoms with Crippen molar-refractivity contribution in [3.8, 4) is 0 Å². The van der Waals surface area contributed by atoms with Crippen molar-refractivity contribution in [1.82, 2.24) is 19.8 Å². The van der Waals surface area contributed by atoms with Crippen LogP contribution in [-0.2, 0) is 27.5 Å². The molecule has 268 valence electrons. The molecule has 15 heteroatoms. The number of hydrogen-bond donors (Lipinski definition) is 0. The van der Waals surface area contributed by atoms with E-state index in [2.05, 4.69) is 29.6 Å². The smallest absolute Gasteiger partial charge is 0.171 e. The van der Waals surface area contributed by atoms with Crippen LogP contribution < -0.4 is 9.80 Å². The number of ketones is 1. The number of rotatable bonds is 14. The Hall–Kier alpha value is -2.75. The number of piperazine rings is 2. The number of ether oxygens (including phenoxy) is 2. The normalized spacial score (nSPS) is 17.3. The standard InChI is InChI=1S/C35H40Cl2F2N6O3S2/c1-23-40-27(21-49-23)17-47-19-33(44-11-7-42(8-12-44)31-5-3-25(38)15-29(31)36)35(46)34(20-48-18-28-22-50-24(2)41-28)45-13-9-43(10-14-45)32-6-4-26(39)16-30(32)37/h3-6,15-16,21-22,33-34H,7-14,17-20H2,1-2H3. The zero-order chi connectivity index (χ0) is 35.2. The minimum Gasteiger partial charge on any atom is -0.373 e. The molecule has 50 heavy (non-hydrogen) atoms. The van der Waals surface area contributed by atoms with E-state index in [0.717, 1.165) is 32.8 Å². The summed E-state index contributed by atoms with van der Waals surface area (Å²) >= 11 is 15.9. The Morgan fingerprint density at radius 1 is 0.720 bits per heavy atom. The number of anilines is 2. The lowest BCUT2D eigenvalue weighted by atomic mass is 10.0. The Balaban J connectivity index is 1.19. The zero-order valence-corrected chi connectivity index (χ0v) is 31.1. The topological polar surface area (TPSA) is 74.3 Å². The van der Waals surface area contributed by atoms with Crippen molar-refractivity contribution >= 4 is 63.0 Å².